The van der Waals surface area contributed by atoms with Crippen LogP contribution in [0.15, 0.2) is 47.1 Å². The molecule has 2 aromatic heterocycles. The monoisotopic (exact) mass is 386 g/mol. The molecule has 0 aliphatic rings. The SMILES string of the molecule is CCOc1ncccc1CNC(=O)CCc1nc(-c2ccc(Cl)cc2)no1. The first-order valence-electron chi connectivity index (χ1n) is 8.57. The Balaban J connectivity index is 1.50. The lowest BCUT2D eigenvalue weighted by atomic mass is 10.2. The highest BCUT2D eigenvalue weighted by molar-refractivity contribution is 6.30. The molecule has 0 saturated carbocycles. The average Bonchev–Trinajstić information content (AvgIpc) is 3.15. The number of pyridine rings is 1. The molecule has 140 valence electrons. The van der Waals surface area contributed by atoms with Crippen molar-refractivity contribution in [2.24, 2.45) is 0 Å². The minimum atomic E-state index is -0.118. The van der Waals surface area contributed by atoms with Gasteiger partial charge in [0.1, 0.15) is 0 Å². The summed E-state index contributed by atoms with van der Waals surface area (Å²) in [5.74, 6) is 1.29. The Morgan fingerprint density at radius 2 is 2.07 bits per heavy atom. The Kier molecular flexibility index (Phi) is 6.38. The highest BCUT2D eigenvalue weighted by Crippen LogP contribution is 2.19. The third-order valence-electron chi connectivity index (χ3n) is 3.74. The fourth-order valence-corrected chi connectivity index (χ4v) is 2.53. The van der Waals surface area contributed by atoms with Crippen molar-refractivity contribution in [1.29, 1.82) is 0 Å². The van der Waals surface area contributed by atoms with Gasteiger partial charge in [-0.3, -0.25) is 4.79 Å². The van der Waals surface area contributed by atoms with Crippen LogP contribution in [0.3, 0.4) is 0 Å². The Bertz CT molecular complexity index is 896. The van der Waals surface area contributed by atoms with Gasteiger partial charge in [0, 0.05) is 41.7 Å². The van der Waals surface area contributed by atoms with Crippen molar-refractivity contribution in [2.75, 3.05) is 6.61 Å². The summed E-state index contributed by atoms with van der Waals surface area (Å²) in [4.78, 5) is 20.6. The van der Waals surface area contributed by atoms with E-state index in [4.69, 9.17) is 20.9 Å². The topological polar surface area (TPSA) is 90.1 Å². The van der Waals surface area contributed by atoms with Crippen molar-refractivity contribution in [2.45, 2.75) is 26.3 Å². The number of nitrogens with one attached hydrogen (secondary N) is 1. The van der Waals surface area contributed by atoms with Crippen molar-refractivity contribution >= 4 is 17.5 Å². The van der Waals surface area contributed by atoms with Crippen LogP contribution >= 0.6 is 11.6 Å². The first-order valence-corrected chi connectivity index (χ1v) is 8.95. The first-order chi connectivity index (χ1) is 13.2. The van der Waals surface area contributed by atoms with Gasteiger partial charge in [-0.05, 0) is 37.3 Å². The van der Waals surface area contributed by atoms with Crippen molar-refractivity contribution in [3.63, 3.8) is 0 Å². The number of carbonyl (C=O) groups excluding carboxylic acids is 1. The molecule has 1 amide bonds. The molecule has 3 aromatic rings. The zero-order valence-corrected chi connectivity index (χ0v) is 15.6. The maximum absolute atomic E-state index is 12.1. The Hall–Kier alpha value is -2.93. The zero-order chi connectivity index (χ0) is 19.1. The molecule has 0 radical (unpaired) electrons. The van der Waals surface area contributed by atoms with Crippen LogP contribution in [-0.2, 0) is 17.8 Å². The molecule has 2 heterocycles. The van der Waals surface area contributed by atoms with Gasteiger partial charge in [0.2, 0.25) is 23.5 Å². The number of aryl methyl sites for hydroxylation is 1. The maximum Gasteiger partial charge on any atom is 0.227 e. The van der Waals surface area contributed by atoms with E-state index in [1.165, 1.54) is 0 Å². The van der Waals surface area contributed by atoms with E-state index in [-0.39, 0.29) is 12.3 Å². The Morgan fingerprint density at radius 3 is 2.85 bits per heavy atom. The van der Waals surface area contributed by atoms with Gasteiger partial charge in [-0.25, -0.2) is 4.98 Å². The van der Waals surface area contributed by atoms with Crippen LogP contribution in [0.2, 0.25) is 5.02 Å². The van der Waals surface area contributed by atoms with E-state index in [1.807, 2.05) is 25.1 Å². The van der Waals surface area contributed by atoms with E-state index in [0.29, 0.717) is 42.2 Å². The lowest BCUT2D eigenvalue weighted by molar-refractivity contribution is -0.121. The lowest BCUT2D eigenvalue weighted by Crippen LogP contribution is -2.23. The van der Waals surface area contributed by atoms with E-state index in [0.717, 1.165) is 11.1 Å². The summed E-state index contributed by atoms with van der Waals surface area (Å²) in [5.41, 5.74) is 1.63. The van der Waals surface area contributed by atoms with Crippen LogP contribution in [0, 0.1) is 0 Å². The molecule has 0 unspecified atom stereocenters. The fraction of sp³-hybridized carbons (Fsp3) is 0.263. The number of halogens is 1. The third kappa shape index (κ3) is 5.27. The summed E-state index contributed by atoms with van der Waals surface area (Å²) in [5, 5.41) is 7.42. The summed E-state index contributed by atoms with van der Waals surface area (Å²) in [6.07, 6.45) is 2.26. The lowest BCUT2D eigenvalue weighted by Gasteiger charge is -2.09. The molecule has 0 fully saturated rings. The van der Waals surface area contributed by atoms with Crippen LogP contribution in [-0.4, -0.2) is 27.6 Å². The number of benzene rings is 1. The highest BCUT2D eigenvalue weighted by atomic mass is 35.5. The fourth-order valence-electron chi connectivity index (χ4n) is 2.40. The van der Waals surface area contributed by atoms with Crippen LogP contribution in [0.5, 0.6) is 5.88 Å². The predicted molar refractivity (Wildman–Crippen MR) is 100 cm³/mol. The standard InChI is InChI=1S/C19H19ClN4O3/c1-2-26-19-14(4-3-11-21-19)12-22-16(25)9-10-17-23-18(24-27-17)13-5-7-15(20)8-6-13/h3-8,11H,2,9-10,12H2,1H3,(H,22,25). The molecule has 0 saturated heterocycles. The van der Waals surface area contributed by atoms with E-state index < -0.39 is 0 Å². The van der Waals surface area contributed by atoms with E-state index in [1.54, 1.807) is 24.4 Å². The normalized spacial score (nSPS) is 10.6. The summed E-state index contributed by atoms with van der Waals surface area (Å²) in [6, 6.07) is 10.8. The molecule has 0 aliphatic carbocycles. The quantitative estimate of drug-likeness (QED) is 0.637. The van der Waals surface area contributed by atoms with Gasteiger partial charge in [-0.15, -0.1) is 0 Å². The summed E-state index contributed by atoms with van der Waals surface area (Å²) >= 11 is 5.87. The zero-order valence-electron chi connectivity index (χ0n) is 14.8. The van der Waals surface area contributed by atoms with Gasteiger partial charge in [-0.2, -0.15) is 4.98 Å². The van der Waals surface area contributed by atoms with Crippen LogP contribution < -0.4 is 10.1 Å². The van der Waals surface area contributed by atoms with Crippen molar-refractivity contribution in [3.05, 3.63) is 59.1 Å². The number of aromatic nitrogens is 3. The number of carbonyl (C=O) groups is 1. The molecule has 27 heavy (non-hydrogen) atoms. The van der Waals surface area contributed by atoms with Crippen molar-refractivity contribution < 1.29 is 14.1 Å². The summed E-state index contributed by atoms with van der Waals surface area (Å²) in [7, 11) is 0. The first kappa shape index (κ1) is 18.8. The summed E-state index contributed by atoms with van der Waals surface area (Å²) in [6.45, 7) is 2.76. The van der Waals surface area contributed by atoms with E-state index >= 15 is 0 Å². The van der Waals surface area contributed by atoms with Gasteiger partial charge in [0.05, 0.1) is 6.61 Å². The number of ether oxygens (including phenoxy) is 1. The van der Waals surface area contributed by atoms with Gasteiger partial charge in [-0.1, -0.05) is 22.8 Å². The molecule has 7 nitrogen and oxygen atoms in total. The smallest absolute Gasteiger partial charge is 0.227 e. The number of hydrogen-bond acceptors (Lipinski definition) is 6. The number of rotatable bonds is 8. The van der Waals surface area contributed by atoms with Crippen LogP contribution in [0.1, 0.15) is 24.8 Å². The Labute approximate surface area is 161 Å². The Morgan fingerprint density at radius 1 is 1.26 bits per heavy atom. The molecule has 1 aromatic carbocycles. The van der Waals surface area contributed by atoms with Gasteiger partial charge in [0.25, 0.3) is 0 Å². The van der Waals surface area contributed by atoms with Gasteiger partial charge in [0.15, 0.2) is 0 Å². The molecule has 0 spiro atoms. The largest absolute Gasteiger partial charge is 0.478 e. The van der Waals surface area contributed by atoms with Crippen LogP contribution in [0.25, 0.3) is 11.4 Å². The molecule has 1 N–H and O–H groups in total. The van der Waals surface area contributed by atoms with Crippen molar-refractivity contribution in [3.8, 4) is 17.3 Å². The third-order valence-corrected chi connectivity index (χ3v) is 4.00. The van der Waals surface area contributed by atoms with Crippen LogP contribution in [0.4, 0.5) is 0 Å². The maximum atomic E-state index is 12.1. The molecule has 0 aliphatic heterocycles. The molecular formula is C19H19ClN4O3. The number of amides is 1. The number of nitrogens with zero attached hydrogens (tertiary/aromatic N) is 3. The molecule has 0 bridgehead atoms. The summed E-state index contributed by atoms with van der Waals surface area (Å²) < 4.78 is 10.7. The predicted octanol–water partition coefficient (Wildman–Crippen LogP) is 3.43. The molecule has 3 rings (SSSR count). The van der Waals surface area contributed by atoms with Gasteiger partial charge < -0.3 is 14.6 Å². The molecular weight excluding hydrogens is 368 g/mol. The van der Waals surface area contributed by atoms with E-state index in [2.05, 4.69) is 20.4 Å². The minimum absolute atomic E-state index is 0.118. The van der Waals surface area contributed by atoms with Gasteiger partial charge >= 0.3 is 0 Å². The number of hydrogen-bond donors (Lipinski definition) is 1. The molecule has 0 atom stereocenters. The second-order valence-electron chi connectivity index (χ2n) is 5.70. The van der Waals surface area contributed by atoms with Crippen molar-refractivity contribution in [1.82, 2.24) is 20.4 Å². The van der Waals surface area contributed by atoms with E-state index in [9.17, 15) is 4.79 Å². The second kappa shape index (κ2) is 9.14. The average molecular weight is 387 g/mol. The minimum Gasteiger partial charge on any atom is -0.478 e. The molecule has 8 heteroatoms. The highest BCUT2D eigenvalue weighted by Gasteiger charge is 2.11. The second-order valence-corrected chi connectivity index (χ2v) is 6.13.